The van der Waals surface area contributed by atoms with Gasteiger partial charge in [0.05, 0.1) is 6.17 Å². The SMILES string of the molecule is N[C@H](Cc1cccc(F)c1)NC(=O)c1ccc(-c2ccncc2)cc1. The first-order valence-corrected chi connectivity index (χ1v) is 7.93. The average molecular weight is 335 g/mol. The average Bonchev–Trinajstić information content (AvgIpc) is 2.62. The quantitative estimate of drug-likeness (QED) is 0.704. The Bertz CT molecular complexity index is 850. The summed E-state index contributed by atoms with van der Waals surface area (Å²) in [4.78, 5) is 16.3. The molecule has 1 heterocycles. The molecule has 0 aliphatic rings. The van der Waals surface area contributed by atoms with Crippen molar-refractivity contribution in [3.05, 3.63) is 90.0 Å². The second kappa shape index (κ2) is 7.68. The Morgan fingerprint density at radius 3 is 2.40 bits per heavy atom. The summed E-state index contributed by atoms with van der Waals surface area (Å²) in [5, 5.41) is 2.73. The number of hydrogen-bond donors (Lipinski definition) is 2. The van der Waals surface area contributed by atoms with Crippen molar-refractivity contribution in [3.63, 3.8) is 0 Å². The van der Waals surface area contributed by atoms with Gasteiger partial charge in [-0.1, -0.05) is 24.3 Å². The molecule has 0 bridgehead atoms. The normalized spacial score (nSPS) is 11.8. The lowest BCUT2D eigenvalue weighted by Gasteiger charge is -2.14. The lowest BCUT2D eigenvalue weighted by molar-refractivity contribution is 0.0938. The van der Waals surface area contributed by atoms with Crippen LogP contribution in [0, 0.1) is 5.82 Å². The zero-order valence-electron chi connectivity index (χ0n) is 13.5. The fourth-order valence-electron chi connectivity index (χ4n) is 2.58. The third kappa shape index (κ3) is 4.49. The molecule has 3 rings (SSSR count). The topological polar surface area (TPSA) is 68.0 Å². The van der Waals surface area contributed by atoms with Crippen LogP contribution in [0.4, 0.5) is 4.39 Å². The Morgan fingerprint density at radius 1 is 1.04 bits per heavy atom. The van der Waals surface area contributed by atoms with Crippen molar-refractivity contribution >= 4 is 5.91 Å². The van der Waals surface area contributed by atoms with Crippen LogP contribution >= 0.6 is 0 Å². The molecule has 0 saturated heterocycles. The minimum atomic E-state index is -0.589. The number of amides is 1. The molecular weight excluding hydrogens is 317 g/mol. The fraction of sp³-hybridized carbons (Fsp3) is 0.100. The Labute approximate surface area is 145 Å². The van der Waals surface area contributed by atoms with E-state index in [4.69, 9.17) is 5.73 Å². The van der Waals surface area contributed by atoms with E-state index in [0.717, 1.165) is 16.7 Å². The van der Waals surface area contributed by atoms with E-state index >= 15 is 0 Å². The third-order valence-electron chi connectivity index (χ3n) is 3.82. The number of nitrogens with zero attached hydrogens (tertiary/aromatic N) is 1. The molecule has 1 aromatic heterocycles. The monoisotopic (exact) mass is 335 g/mol. The number of carbonyl (C=O) groups is 1. The number of rotatable bonds is 5. The summed E-state index contributed by atoms with van der Waals surface area (Å²) >= 11 is 0. The number of aromatic nitrogens is 1. The molecule has 0 unspecified atom stereocenters. The molecule has 3 N–H and O–H groups in total. The van der Waals surface area contributed by atoms with Gasteiger partial charge in [-0.25, -0.2) is 4.39 Å². The Hall–Kier alpha value is -3.05. The maximum atomic E-state index is 13.2. The highest BCUT2D eigenvalue weighted by molar-refractivity contribution is 5.94. The molecule has 126 valence electrons. The number of pyridine rings is 1. The van der Waals surface area contributed by atoms with E-state index in [1.165, 1.54) is 12.1 Å². The summed E-state index contributed by atoms with van der Waals surface area (Å²) in [7, 11) is 0. The van der Waals surface area contributed by atoms with E-state index in [2.05, 4.69) is 10.3 Å². The third-order valence-corrected chi connectivity index (χ3v) is 3.82. The van der Waals surface area contributed by atoms with Crippen molar-refractivity contribution in [2.75, 3.05) is 0 Å². The molecule has 0 radical (unpaired) electrons. The first-order chi connectivity index (χ1) is 12.1. The van der Waals surface area contributed by atoms with Crippen LogP contribution in [0.2, 0.25) is 0 Å². The van der Waals surface area contributed by atoms with Gasteiger partial charge in [-0.15, -0.1) is 0 Å². The molecule has 4 nitrogen and oxygen atoms in total. The second-order valence-corrected chi connectivity index (χ2v) is 5.73. The van der Waals surface area contributed by atoms with Crippen molar-refractivity contribution in [1.82, 2.24) is 10.3 Å². The van der Waals surface area contributed by atoms with Gasteiger partial charge in [0.1, 0.15) is 5.82 Å². The zero-order valence-corrected chi connectivity index (χ0v) is 13.5. The van der Waals surface area contributed by atoms with Gasteiger partial charge in [0, 0.05) is 24.4 Å². The first kappa shape index (κ1) is 16.8. The second-order valence-electron chi connectivity index (χ2n) is 5.73. The van der Waals surface area contributed by atoms with E-state index in [1.807, 2.05) is 24.3 Å². The van der Waals surface area contributed by atoms with E-state index in [9.17, 15) is 9.18 Å². The lowest BCUT2D eigenvalue weighted by atomic mass is 10.0. The van der Waals surface area contributed by atoms with Crippen LogP contribution in [0.25, 0.3) is 11.1 Å². The van der Waals surface area contributed by atoms with Crippen LogP contribution in [0.5, 0.6) is 0 Å². The molecule has 0 aliphatic heterocycles. The van der Waals surface area contributed by atoms with Crippen molar-refractivity contribution in [2.45, 2.75) is 12.6 Å². The molecule has 25 heavy (non-hydrogen) atoms. The van der Waals surface area contributed by atoms with Crippen molar-refractivity contribution in [3.8, 4) is 11.1 Å². The number of hydrogen-bond acceptors (Lipinski definition) is 3. The van der Waals surface area contributed by atoms with Gasteiger partial charge in [-0.3, -0.25) is 9.78 Å². The highest BCUT2D eigenvalue weighted by Gasteiger charge is 2.11. The van der Waals surface area contributed by atoms with Crippen LogP contribution in [0.3, 0.4) is 0 Å². The summed E-state index contributed by atoms with van der Waals surface area (Å²) in [5.41, 5.74) is 9.25. The lowest BCUT2D eigenvalue weighted by Crippen LogP contribution is -2.43. The van der Waals surface area contributed by atoms with Gasteiger partial charge < -0.3 is 11.1 Å². The van der Waals surface area contributed by atoms with Gasteiger partial charge in [-0.05, 0) is 53.1 Å². The van der Waals surface area contributed by atoms with Crippen LogP contribution in [-0.2, 0) is 6.42 Å². The van der Waals surface area contributed by atoms with Crippen LogP contribution in [0.15, 0.2) is 73.1 Å². The molecule has 1 amide bonds. The number of carbonyl (C=O) groups excluding carboxylic acids is 1. The predicted molar refractivity (Wildman–Crippen MR) is 95.2 cm³/mol. The summed E-state index contributed by atoms with van der Waals surface area (Å²) in [6.45, 7) is 0. The van der Waals surface area contributed by atoms with Crippen LogP contribution in [0.1, 0.15) is 15.9 Å². The van der Waals surface area contributed by atoms with E-state index < -0.39 is 6.17 Å². The minimum Gasteiger partial charge on any atom is -0.337 e. The van der Waals surface area contributed by atoms with Crippen molar-refractivity contribution < 1.29 is 9.18 Å². The summed E-state index contributed by atoms with van der Waals surface area (Å²) in [6, 6.07) is 17.3. The Morgan fingerprint density at radius 2 is 1.72 bits per heavy atom. The van der Waals surface area contributed by atoms with Gasteiger partial charge in [0.25, 0.3) is 5.91 Å². The Balaban J connectivity index is 1.63. The maximum Gasteiger partial charge on any atom is 0.252 e. The van der Waals surface area contributed by atoms with Crippen molar-refractivity contribution in [1.29, 1.82) is 0 Å². The van der Waals surface area contributed by atoms with Gasteiger partial charge >= 0.3 is 0 Å². The van der Waals surface area contributed by atoms with Crippen LogP contribution in [-0.4, -0.2) is 17.1 Å². The van der Waals surface area contributed by atoms with E-state index in [-0.39, 0.29) is 11.7 Å². The maximum absolute atomic E-state index is 13.2. The summed E-state index contributed by atoms with van der Waals surface area (Å²) in [6.07, 6.45) is 3.22. The standard InChI is InChI=1S/C20H18FN3O/c21-18-3-1-2-14(12-18)13-19(22)24-20(25)17-6-4-15(5-7-17)16-8-10-23-11-9-16/h1-12,19H,13,22H2,(H,24,25)/t19-/m0/s1. The molecule has 0 spiro atoms. The van der Waals surface area contributed by atoms with E-state index in [0.29, 0.717) is 12.0 Å². The molecule has 1 atom stereocenters. The van der Waals surface area contributed by atoms with Gasteiger partial charge in [-0.2, -0.15) is 0 Å². The van der Waals surface area contributed by atoms with Crippen LogP contribution < -0.4 is 11.1 Å². The van der Waals surface area contributed by atoms with Gasteiger partial charge in [0.2, 0.25) is 0 Å². The molecule has 0 saturated carbocycles. The van der Waals surface area contributed by atoms with Gasteiger partial charge in [0.15, 0.2) is 0 Å². The summed E-state index contributed by atoms with van der Waals surface area (Å²) < 4.78 is 13.2. The highest BCUT2D eigenvalue weighted by atomic mass is 19.1. The number of benzene rings is 2. The number of halogens is 1. The molecule has 5 heteroatoms. The first-order valence-electron chi connectivity index (χ1n) is 7.93. The largest absolute Gasteiger partial charge is 0.337 e. The zero-order chi connectivity index (χ0) is 17.6. The minimum absolute atomic E-state index is 0.259. The molecule has 2 aromatic carbocycles. The number of nitrogens with two attached hydrogens (primary N) is 1. The number of nitrogens with one attached hydrogen (secondary N) is 1. The fourth-order valence-corrected chi connectivity index (χ4v) is 2.58. The van der Waals surface area contributed by atoms with E-state index in [1.54, 1.807) is 36.7 Å². The molecule has 0 fully saturated rings. The smallest absolute Gasteiger partial charge is 0.252 e. The van der Waals surface area contributed by atoms with Crippen molar-refractivity contribution in [2.24, 2.45) is 5.73 Å². The highest BCUT2D eigenvalue weighted by Crippen LogP contribution is 2.18. The summed E-state index contributed by atoms with van der Waals surface area (Å²) in [5.74, 6) is -0.576. The predicted octanol–water partition coefficient (Wildman–Crippen LogP) is 3.15. The molecule has 0 aliphatic carbocycles. The molecule has 3 aromatic rings. The molecular formula is C20H18FN3O. The Kier molecular flexibility index (Phi) is 5.16.